The van der Waals surface area contributed by atoms with E-state index in [2.05, 4.69) is 214 Å². The van der Waals surface area contributed by atoms with Crippen molar-refractivity contribution in [1.29, 1.82) is 5.53 Å². The fraction of sp³-hybridized carbons (Fsp3) is 0.500. The molecule has 2 saturated heterocycles. The highest BCUT2D eigenvalue weighted by Gasteiger charge is 2.50. The van der Waals surface area contributed by atoms with Crippen LogP contribution in [0.5, 0.6) is 0 Å². The largest absolute Gasteiger partial charge is 0.342 e. The molecule has 84 heavy (non-hydrogen) atoms. The summed E-state index contributed by atoms with van der Waals surface area (Å²) < 4.78 is 37.9. The summed E-state index contributed by atoms with van der Waals surface area (Å²) in [4.78, 5) is 20.0. The molecular formula is C48H64Br2ClN29O2S2. The summed E-state index contributed by atoms with van der Waals surface area (Å²) in [5.74, 6) is 5.54. The van der Waals surface area contributed by atoms with Gasteiger partial charge >= 0.3 is 0 Å². The summed E-state index contributed by atoms with van der Waals surface area (Å²) in [5, 5.41) is 53.1. The minimum Gasteiger partial charge on any atom is -0.342 e. The number of nitrogens with zero attached hydrogens (tertiary/aromatic N) is 24. The van der Waals surface area contributed by atoms with Crippen molar-refractivity contribution in [3.05, 3.63) is 121 Å². The first-order valence-electron chi connectivity index (χ1n) is 26.1. The Balaban J connectivity index is 0.000000170. The molecule has 2 spiro atoms. The normalized spacial score (nSPS) is 19.3. The Labute approximate surface area is 510 Å². The van der Waals surface area contributed by atoms with E-state index < -0.39 is 22.0 Å². The first kappa shape index (κ1) is 64.7. The van der Waals surface area contributed by atoms with E-state index in [4.69, 9.17) is 22.1 Å². The molecule has 446 valence electrons. The van der Waals surface area contributed by atoms with Crippen molar-refractivity contribution in [2.45, 2.75) is 115 Å². The average molecular weight is 1340 g/mol. The predicted molar refractivity (Wildman–Crippen MR) is 320 cm³/mol. The first-order chi connectivity index (χ1) is 40.2. The van der Waals surface area contributed by atoms with Gasteiger partial charge in [-0.05, 0) is 262 Å². The summed E-state index contributed by atoms with van der Waals surface area (Å²) in [6.45, 7) is 20.0. The lowest BCUT2D eigenvalue weighted by Crippen LogP contribution is -2.48. The summed E-state index contributed by atoms with van der Waals surface area (Å²) in [6.07, 6.45) is 13.8. The van der Waals surface area contributed by atoms with Crippen LogP contribution in [0.15, 0.2) is 171 Å². The standard InChI is InChI=1S/C24H30BrN5OS.C17H26N2OS.C7H5BrClN3.H3N19/c1-16-19(25)21-26-11-14-30(21)22(27-16)29-12-9-24(10-13-29)15-17-7-5-6-8-18(17)20(24)28-32(31)23(2,3)4;1-16(2,3)21(20)19-15-14-7-5-4-6-13(14)12-17(15)8-10-18-11-9-17;1-4-5(8)6-10-2-3-12(6)7(9)11-4;1-3-5-7-9-11-13-15-17-19-18-16-14-12-10-8-6-4-2/h5-8,11,14,20,28H,9-10,12-13,15H2,1-4H3;4-7,15,18-19H,8-12H2,1-3H3;2-3H,1H3;(H3,1,2,5,6,9,10,13,14,17,18)/t20-,32-;15-,21-;;/m11../s1. The Morgan fingerprint density at radius 3 is 1.49 bits per heavy atom. The van der Waals surface area contributed by atoms with Gasteiger partial charge in [0.15, 0.2) is 11.3 Å². The monoisotopic (exact) mass is 1340 g/mol. The number of imidazole rings is 2. The number of aryl methyl sites for hydroxylation is 2. The van der Waals surface area contributed by atoms with E-state index in [1.165, 1.54) is 22.3 Å². The van der Waals surface area contributed by atoms with Crippen molar-refractivity contribution in [2.75, 3.05) is 31.1 Å². The molecule has 36 heteroatoms. The summed E-state index contributed by atoms with van der Waals surface area (Å²) in [5.41, 5.74) is 15.5. The van der Waals surface area contributed by atoms with Crippen molar-refractivity contribution in [3.63, 3.8) is 0 Å². The third-order valence-electron chi connectivity index (χ3n) is 14.2. The van der Waals surface area contributed by atoms with E-state index in [1.807, 2.05) is 67.8 Å². The molecule has 6 heterocycles. The molecule has 4 atom stereocenters. The molecule has 6 N–H and O–H groups in total. The number of aromatic nitrogens is 6. The van der Waals surface area contributed by atoms with Crippen LogP contribution in [0.2, 0.25) is 5.28 Å². The molecule has 0 radical (unpaired) electrons. The van der Waals surface area contributed by atoms with Gasteiger partial charge in [-0.3, -0.25) is 8.80 Å². The average Bonchev–Trinajstić information content (AvgIpc) is 2.61. The quantitative estimate of drug-likeness (QED) is 0.0317. The molecule has 0 amide bonds. The summed E-state index contributed by atoms with van der Waals surface area (Å²) in [7, 11) is -2.15. The third-order valence-corrected chi connectivity index (χ3v) is 19.4. The second kappa shape index (κ2) is 29.8. The number of nitrogens with one attached hydrogen (secondary N) is 4. The number of hydrogen-bond donors (Lipinski definition) is 5. The minimum absolute atomic E-state index is 0.0690. The molecule has 0 unspecified atom stereocenters. The molecule has 2 fully saturated rings. The van der Waals surface area contributed by atoms with Crippen molar-refractivity contribution < 1.29 is 8.42 Å². The highest BCUT2D eigenvalue weighted by molar-refractivity contribution is 9.11. The molecule has 2 aliphatic heterocycles. The highest BCUT2D eigenvalue weighted by Crippen LogP contribution is 2.53. The van der Waals surface area contributed by atoms with Crippen LogP contribution in [0, 0.1) is 30.2 Å². The number of halogens is 3. The van der Waals surface area contributed by atoms with Gasteiger partial charge in [0.05, 0.1) is 63.9 Å². The van der Waals surface area contributed by atoms with Gasteiger partial charge in [0.1, 0.15) is 0 Å². The Morgan fingerprint density at radius 2 is 1.04 bits per heavy atom. The van der Waals surface area contributed by atoms with E-state index in [0.29, 0.717) is 5.28 Å². The van der Waals surface area contributed by atoms with Crippen LogP contribution >= 0.6 is 43.5 Å². The maximum Gasteiger partial charge on any atom is 0.211 e. The zero-order valence-electron chi connectivity index (χ0n) is 47.2. The van der Waals surface area contributed by atoms with Gasteiger partial charge in [0.2, 0.25) is 11.2 Å². The zero-order chi connectivity index (χ0) is 60.5. The summed E-state index contributed by atoms with van der Waals surface area (Å²) in [6, 6.07) is 17.7. The van der Waals surface area contributed by atoms with E-state index in [1.54, 1.807) is 16.8 Å². The molecule has 0 bridgehead atoms. The fourth-order valence-corrected chi connectivity index (χ4v) is 13.0. The zero-order valence-corrected chi connectivity index (χ0v) is 52.8. The topological polar surface area (TPSA) is 394 Å². The van der Waals surface area contributed by atoms with Crippen LogP contribution < -0.4 is 25.5 Å². The smallest absolute Gasteiger partial charge is 0.211 e. The second-order valence-corrected chi connectivity index (χ2v) is 27.4. The Morgan fingerprint density at radius 1 is 0.631 bits per heavy atom. The third kappa shape index (κ3) is 16.3. The number of nitrogens with two attached hydrogens (primary N) is 1. The SMILES string of the molecule is CC(C)(C)[S@@](=O)N[C@@H]1c2ccccc2CC12CCNCC2.Cc1nc(Cl)n2ccnc2c1Br.Cc1nc(N2CCC3(CC2)Cc2ccccc2[C@H]3N[S@](=O)C(C)(C)C)n2ccnc2c1Br.N=N/N=N/N=N/N=N/N=N/N=N/N=N/N=N/N=N/N. The maximum atomic E-state index is 13.1. The molecule has 4 aromatic heterocycles. The van der Waals surface area contributed by atoms with Gasteiger partial charge in [-0.25, -0.2) is 37.8 Å². The van der Waals surface area contributed by atoms with Crippen molar-refractivity contribution in [3.8, 4) is 0 Å². The van der Waals surface area contributed by atoms with Crippen LogP contribution in [-0.2, 0) is 34.8 Å². The minimum atomic E-state index is -1.12. The number of benzene rings is 2. The van der Waals surface area contributed by atoms with Crippen LogP contribution in [0.4, 0.5) is 5.95 Å². The predicted octanol–water partition coefficient (Wildman–Crippen LogP) is 12.7. The molecule has 4 aliphatic rings. The van der Waals surface area contributed by atoms with Crippen molar-refractivity contribution in [1.82, 2.24) is 43.5 Å². The number of piperidine rings is 2. The lowest BCUT2D eigenvalue weighted by molar-refractivity contribution is 0.165. The van der Waals surface area contributed by atoms with E-state index in [-0.39, 0.29) is 32.4 Å². The van der Waals surface area contributed by atoms with Gasteiger partial charge in [0.25, 0.3) is 0 Å². The number of anilines is 1. The lowest BCUT2D eigenvalue weighted by Gasteiger charge is -2.44. The van der Waals surface area contributed by atoms with Gasteiger partial charge in [-0.2, -0.15) is 5.53 Å². The molecule has 0 saturated carbocycles. The Kier molecular flexibility index (Phi) is 22.9. The maximum absolute atomic E-state index is 13.1. The second-order valence-electron chi connectivity index (χ2n) is 21.5. The number of rotatable bonds is 13. The lowest BCUT2D eigenvalue weighted by atomic mass is 9.73. The van der Waals surface area contributed by atoms with Crippen LogP contribution in [-0.4, -0.2) is 72.8 Å². The number of hydrogen-bond acceptors (Lipinski definition) is 10. The summed E-state index contributed by atoms with van der Waals surface area (Å²) >= 11 is 12.9. The van der Waals surface area contributed by atoms with Crippen molar-refractivity contribution in [2.24, 2.45) is 105 Å². The van der Waals surface area contributed by atoms with Gasteiger partial charge in [0, 0.05) is 43.1 Å². The van der Waals surface area contributed by atoms with Gasteiger partial charge in [-0.1, -0.05) is 53.8 Å². The first-order valence-corrected chi connectivity index (χ1v) is 30.4. The molecule has 2 aliphatic carbocycles. The van der Waals surface area contributed by atoms with E-state index >= 15 is 0 Å². The Bertz CT molecular complexity index is 3520. The molecule has 2 aromatic carbocycles. The van der Waals surface area contributed by atoms with E-state index in [9.17, 15) is 8.42 Å². The van der Waals surface area contributed by atoms with Crippen molar-refractivity contribution >= 4 is 82.7 Å². The Hall–Kier alpha value is -6.89. The molecule has 10 rings (SSSR count). The molecule has 6 aromatic rings. The van der Waals surface area contributed by atoms with Gasteiger partial charge < -0.3 is 16.1 Å². The van der Waals surface area contributed by atoms with Crippen LogP contribution in [0.25, 0.3) is 11.3 Å². The van der Waals surface area contributed by atoms with Crippen LogP contribution in [0.1, 0.15) is 113 Å². The van der Waals surface area contributed by atoms with Gasteiger partial charge in [-0.15, -0.1) is 0 Å². The molecule has 31 nitrogen and oxygen atoms in total. The molecular weight excluding hydrogens is 1270 g/mol. The highest BCUT2D eigenvalue weighted by atomic mass is 79.9. The van der Waals surface area contributed by atoms with Crippen LogP contribution in [0.3, 0.4) is 0 Å². The van der Waals surface area contributed by atoms with E-state index in [0.717, 1.165) is 102 Å². The number of fused-ring (bicyclic) bond motifs is 4. The fourth-order valence-electron chi connectivity index (χ4n) is 10.1.